The summed E-state index contributed by atoms with van der Waals surface area (Å²) in [6.07, 6.45) is 0.471. The Kier molecular flexibility index (Phi) is 3.77. The number of urea groups is 1. The highest BCUT2D eigenvalue weighted by molar-refractivity contribution is 5.93. The van der Waals surface area contributed by atoms with E-state index in [1.165, 1.54) is 4.90 Å². The molecule has 0 aromatic heterocycles. The van der Waals surface area contributed by atoms with E-state index in [2.05, 4.69) is 10.6 Å². The van der Waals surface area contributed by atoms with Crippen molar-refractivity contribution in [2.45, 2.75) is 18.5 Å². The predicted molar refractivity (Wildman–Crippen MR) is 65.7 cm³/mol. The van der Waals surface area contributed by atoms with Crippen molar-refractivity contribution in [2.75, 3.05) is 26.7 Å². The Morgan fingerprint density at radius 2 is 2.10 bits per heavy atom. The standard InChI is InChI=1S/C11H16N4O5/c1-14-3-2-6(9(14)17)13-11(20)15-5-8(16)12-4-7(15)10(18)19/h6-7H,2-5H2,1H3,(H,12,16)(H,13,20)(H,18,19). The van der Waals surface area contributed by atoms with Crippen LogP contribution >= 0.6 is 0 Å². The Morgan fingerprint density at radius 1 is 1.40 bits per heavy atom. The molecule has 0 bridgehead atoms. The van der Waals surface area contributed by atoms with Crippen LogP contribution in [-0.4, -0.2) is 77.5 Å². The van der Waals surface area contributed by atoms with Gasteiger partial charge in [-0.05, 0) is 6.42 Å². The summed E-state index contributed by atoms with van der Waals surface area (Å²) in [4.78, 5) is 48.6. The second-order valence-corrected chi connectivity index (χ2v) is 4.84. The number of hydrogen-bond donors (Lipinski definition) is 3. The summed E-state index contributed by atoms with van der Waals surface area (Å²) in [5.74, 6) is -1.84. The van der Waals surface area contributed by atoms with Gasteiger partial charge >= 0.3 is 12.0 Å². The lowest BCUT2D eigenvalue weighted by molar-refractivity contribution is -0.144. The summed E-state index contributed by atoms with van der Waals surface area (Å²) in [7, 11) is 1.63. The second-order valence-electron chi connectivity index (χ2n) is 4.84. The van der Waals surface area contributed by atoms with Gasteiger partial charge in [-0.2, -0.15) is 0 Å². The van der Waals surface area contributed by atoms with Gasteiger partial charge in [-0.1, -0.05) is 0 Å². The molecule has 0 radical (unpaired) electrons. The summed E-state index contributed by atoms with van der Waals surface area (Å²) in [5.41, 5.74) is 0. The van der Waals surface area contributed by atoms with Crippen LogP contribution in [0.3, 0.4) is 0 Å². The number of carboxylic acids is 1. The first-order valence-corrected chi connectivity index (χ1v) is 6.21. The molecule has 0 aliphatic carbocycles. The molecule has 4 amide bonds. The number of nitrogens with one attached hydrogen (secondary N) is 2. The second kappa shape index (κ2) is 5.35. The quantitative estimate of drug-likeness (QED) is 0.532. The van der Waals surface area contributed by atoms with Gasteiger partial charge in [0.05, 0.1) is 0 Å². The number of carboxylic acid groups (broad SMARTS) is 1. The van der Waals surface area contributed by atoms with Crippen LogP contribution in [0.5, 0.6) is 0 Å². The number of likely N-dealkylation sites (tertiary alicyclic amines) is 1. The van der Waals surface area contributed by atoms with Crippen LogP contribution < -0.4 is 10.6 Å². The number of aliphatic carboxylic acids is 1. The molecule has 110 valence electrons. The fourth-order valence-corrected chi connectivity index (χ4v) is 2.26. The molecular weight excluding hydrogens is 268 g/mol. The van der Waals surface area contributed by atoms with Crippen LogP contribution in [0.2, 0.25) is 0 Å². The number of likely N-dealkylation sites (N-methyl/N-ethyl adjacent to an activating group) is 1. The first-order valence-electron chi connectivity index (χ1n) is 6.21. The smallest absolute Gasteiger partial charge is 0.328 e. The number of nitrogens with zero attached hydrogens (tertiary/aromatic N) is 2. The molecule has 2 heterocycles. The molecule has 0 aromatic rings. The van der Waals surface area contributed by atoms with E-state index in [1.54, 1.807) is 7.05 Å². The average Bonchev–Trinajstić information content (AvgIpc) is 2.70. The van der Waals surface area contributed by atoms with E-state index in [9.17, 15) is 19.2 Å². The first-order chi connectivity index (χ1) is 9.40. The summed E-state index contributed by atoms with van der Waals surface area (Å²) in [6, 6.07) is -2.49. The Bertz CT molecular complexity index is 466. The molecule has 0 saturated carbocycles. The molecule has 0 spiro atoms. The van der Waals surface area contributed by atoms with Crippen LogP contribution in [-0.2, 0) is 14.4 Å². The zero-order valence-corrected chi connectivity index (χ0v) is 11.0. The highest BCUT2D eigenvalue weighted by atomic mass is 16.4. The van der Waals surface area contributed by atoms with Crippen molar-refractivity contribution in [3.8, 4) is 0 Å². The first kappa shape index (κ1) is 14.1. The van der Waals surface area contributed by atoms with E-state index in [0.29, 0.717) is 13.0 Å². The molecule has 0 aromatic carbocycles. The Hall–Kier alpha value is -2.32. The van der Waals surface area contributed by atoms with Crippen LogP contribution in [0.1, 0.15) is 6.42 Å². The van der Waals surface area contributed by atoms with Gasteiger partial charge in [-0.25, -0.2) is 9.59 Å². The zero-order chi connectivity index (χ0) is 14.9. The highest BCUT2D eigenvalue weighted by Crippen LogP contribution is 2.11. The van der Waals surface area contributed by atoms with Gasteiger partial charge in [0.2, 0.25) is 11.8 Å². The minimum atomic E-state index is -1.20. The lowest BCUT2D eigenvalue weighted by Crippen LogP contribution is -2.62. The van der Waals surface area contributed by atoms with Gasteiger partial charge in [0.1, 0.15) is 18.6 Å². The van der Waals surface area contributed by atoms with Gasteiger partial charge in [0.15, 0.2) is 0 Å². The van der Waals surface area contributed by atoms with E-state index in [-0.39, 0.29) is 19.0 Å². The highest BCUT2D eigenvalue weighted by Gasteiger charge is 2.38. The fraction of sp³-hybridized carbons (Fsp3) is 0.636. The lowest BCUT2D eigenvalue weighted by atomic mass is 10.2. The van der Waals surface area contributed by atoms with Gasteiger partial charge in [0.25, 0.3) is 0 Å². The number of carbonyl (C=O) groups is 4. The van der Waals surface area contributed by atoms with Crippen molar-refractivity contribution in [3.63, 3.8) is 0 Å². The molecule has 3 N–H and O–H groups in total. The van der Waals surface area contributed by atoms with Crippen LogP contribution in [0.15, 0.2) is 0 Å². The lowest BCUT2D eigenvalue weighted by Gasteiger charge is -2.33. The molecule has 9 heteroatoms. The molecule has 2 aliphatic heterocycles. The van der Waals surface area contributed by atoms with E-state index in [0.717, 1.165) is 4.90 Å². The zero-order valence-electron chi connectivity index (χ0n) is 11.0. The van der Waals surface area contributed by atoms with Crippen molar-refractivity contribution in [1.29, 1.82) is 0 Å². The summed E-state index contributed by atoms with van der Waals surface area (Å²) >= 11 is 0. The van der Waals surface area contributed by atoms with Crippen molar-refractivity contribution in [3.05, 3.63) is 0 Å². The maximum Gasteiger partial charge on any atom is 0.328 e. The normalized spacial score (nSPS) is 26.4. The average molecular weight is 284 g/mol. The van der Waals surface area contributed by atoms with Gasteiger partial charge in [-0.15, -0.1) is 0 Å². The van der Waals surface area contributed by atoms with Gasteiger partial charge in [-0.3, -0.25) is 14.5 Å². The molecule has 9 nitrogen and oxygen atoms in total. The number of piperazine rings is 1. The molecule has 2 atom stereocenters. The molecule has 2 saturated heterocycles. The van der Waals surface area contributed by atoms with Gasteiger partial charge < -0.3 is 20.6 Å². The Labute approximate surface area is 114 Å². The molecule has 2 unspecified atom stereocenters. The monoisotopic (exact) mass is 284 g/mol. The third kappa shape index (κ3) is 2.65. The Morgan fingerprint density at radius 3 is 2.65 bits per heavy atom. The van der Waals surface area contributed by atoms with E-state index in [4.69, 9.17) is 5.11 Å². The van der Waals surface area contributed by atoms with Crippen molar-refractivity contribution < 1.29 is 24.3 Å². The van der Waals surface area contributed by atoms with Crippen LogP contribution in [0, 0.1) is 0 Å². The number of hydrogen-bond acceptors (Lipinski definition) is 4. The maximum absolute atomic E-state index is 12.1. The van der Waals surface area contributed by atoms with E-state index >= 15 is 0 Å². The molecule has 2 aliphatic rings. The number of rotatable bonds is 2. The third-order valence-electron chi connectivity index (χ3n) is 3.45. The SMILES string of the molecule is CN1CCC(NC(=O)N2CC(=O)NCC2C(=O)O)C1=O. The predicted octanol–water partition coefficient (Wildman–Crippen LogP) is -2.19. The Balaban J connectivity index is 2.04. The largest absolute Gasteiger partial charge is 0.480 e. The third-order valence-corrected chi connectivity index (χ3v) is 3.45. The minimum absolute atomic E-state index is 0.139. The topological polar surface area (TPSA) is 119 Å². The number of amides is 4. The van der Waals surface area contributed by atoms with Crippen molar-refractivity contribution in [1.82, 2.24) is 20.4 Å². The summed E-state index contributed by atoms with van der Waals surface area (Å²) in [6.45, 7) is 0.0618. The summed E-state index contributed by atoms with van der Waals surface area (Å²) in [5, 5.41) is 13.9. The van der Waals surface area contributed by atoms with Crippen molar-refractivity contribution >= 4 is 23.8 Å². The van der Waals surface area contributed by atoms with Crippen molar-refractivity contribution in [2.24, 2.45) is 0 Å². The molecule has 2 fully saturated rings. The molecule has 20 heavy (non-hydrogen) atoms. The minimum Gasteiger partial charge on any atom is -0.480 e. The van der Waals surface area contributed by atoms with Crippen LogP contribution in [0.25, 0.3) is 0 Å². The molecule has 2 rings (SSSR count). The summed E-state index contributed by atoms with van der Waals surface area (Å²) < 4.78 is 0. The van der Waals surface area contributed by atoms with Gasteiger partial charge in [0, 0.05) is 20.1 Å². The van der Waals surface area contributed by atoms with E-state index in [1.807, 2.05) is 0 Å². The fourth-order valence-electron chi connectivity index (χ4n) is 2.26. The number of carbonyl (C=O) groups excluding carboxylic acids is 3. The van der Waals surface area contributed by atoms with Crippen LogP contribution in [0.4, 0.5) is 4.79 Å². The maximum atomic E-state index is 12.1. The molecular formula is C11H16N4O5. The van der Waals surface area contributed by atoms with E-state index < -0.39 is 30.0 Å².